The first kappa shape index (κ1) is 15.3. The quantitative estimate of drug-likeness (QED) is 0.726. The van der Waals surface area contributed by atoms with Gasteiger partial charge in [0.1, 0.15) is 0 Å². The van der Waals surface area contributed by atoms with Crippen molar-refractivity contribution in [1.29, 1.82) is 0 Å². The van der Waals surface area contributed by atoms with Crippen LogP contribution in [-0.2, 0) is 4.74 Å². The Morgan fingerprint density at radius 3 is 2.47 bits per heavy atom. The summed E-state index contributed by atoms with van der Waals surface area (Å²) in [6.07, 6.45) is -0.596. The van der Waals surface area contributed by atoms with Crippen LogP contribution in [0.5, 0.6) is 0 Å². The monoisotopic (exact) mass is 315 g/mol. The Morgan fingerprint density at radius 2 is 2.00 bits per heavy atom. The number of rotatable bonds is 7. The van der Waals surface area contributed by atoms with E-state index < -0.39 is 6.43 Å². The molecule has 17 heavy (non-hydrogen) atoms. The van der Waals surface area contributed by atoms with Crippen molar-refractivity contribution in [2.45, 2.75) is 19.3 Å². The Kier molecular flexibility index (Phi) is 6.84. The van der Waals surface area contributed by atoms with Gasteiger partial charge >= 0.3 is 0 Å². The first-order valence-corrected chi connectivity index (χ1v) is 6.99. The van der Waals surface area contributed by atoms with E-state index in [0.717, 1.165) is 18.2 Å². The molecule has 0 spiro atoms. The molecular formula is C11H20BrF2NO2. The Bertz CT molecular complexity index is 214. The van der Waals surface area contributed by atoms with E-state index in [4.69, 9.17) is 9.84 Å². The summed E-state index contributed by atoms with van der Waals surface area (Å²) in [6, 6.07) is 0. The molecule has 0 aromatic heterocycles. The molecule has 0 aliphatic carbocycles. The van der Waals surface area contributed by atoms with Crippen LogP contribution in [0.2, 0.25) is 0 Å². The summed E-state index contributed by atoms with van der Waals surface area (Å²) >= 11 is 3.48. The molecule has 0 amide bonds. The maximum atomic E-state index is 12.4. The summed E-state index contributed by atoms with van der Waals surface area (Å²) in [5.74, 6) is 0. The van der Waals surface area contributed by atoms with Gasteiger partial charge in [0.2, 0.25) is 0 Å². The molecule has 1 aliphatic heterocycles. The first-order chi connectivity index (χ1) is 8.12. The average molecular weight is 316 g/mol. The molecule has 0 radical (unpaired) electrons. The van der Waals surface area contributed by atoms with Crippen LogP contribution in [0.15, 0.2) is 0 Å². The van der Waals surface area contributed by atoms with E-state index >= 15 is 0 Å². The van der Waals surface area contributed by atoms with Gasteiger partial charge in [-0.2, -0.15) is 0 Å². The highest BCUT2D eigenvalue weighted by molar-refractivity contribution is 9.09. The van der Waals surface area contributed by atoms with Crippen molar-refractivity contribution >= 4 is 15.9 Å². The molecule has 0 saturated carbocycles. The molecule has 1 N–H and O–H groups in total. The van der Waals surface area contributed by atoms with E-state index in [1.807, 2.05) is 0 Å². The Hall–Kier alpha value is 0.220. The lowest BCUT2D eigenvalue weighted by Crippen LogP contribution is -2.45. The molecule has 0 atom stereocenters. The molecule has 0 bridgehead atoms. The number of alkyl halides is 3. The fraction of sp³-hybridized carbons (Fsp3) is 1.00. The van der Waals surface area contributed by atoms with E-state index in [1.165, 1.54) is 0 Å². The second kappa shape index (κ2) is 7.61. The standard InChI is InChI=1S/C11H20BrF2NO2/c12-8-11(1-5-17-6-2-11)9-15(3-4-16)7-10(13)14/h10,16H,1-9H2. The van der Waals surface area contributed by atoms with E-state index in [-0.39, 0.29) is 18.6 Å². The minimum absolute atomic E-state index is 0.00229. The summed E-state index contributed by atoms with van der Waals surface area (Å²) < 4.78 is 30.2. The number of hydrogen-bond acceptors (Lipinski definition) is 3. The maximum Gasteiger partial charge on any atom is 0.251 e. The van der Waals surface area contributed by atoms with Gasteiger partial charge in [-0.3, -0.25) is 4.90 Å². The van der Waals surface area contributed by atoms with Crippen molar-refractivity contribution in [2.24, 2.45) is 5.41 Å². The number of aliphatic hydroxyl groups is 1. The van der Waals surface area contributed by atoms with Gasteiger partial charge < -0.3 is 9.84 Å². The number of halogens is 3. The van der Waals surface area contributed by atoms with Crippen LogP contribution in [0.4, 0.5) is 8.78 Å². The molecule has 0 unspecified atom stereocenters. The number of aliphatic hydroxyl groups excluding tert-OH is 1. The summed E-state index contributed by atoms with van der Waals surface area (Å²) in [6.45, 7) is 1.92. The molecule has 1 heterocycles. The topological polar surface area (TPSA) is 32.7 Å². The van der Waals surface area contributed by atoms with Crippen molar-refractivity contribution in [3.63, 3.8) is 0 Å². The molecule has 0 aromatic carbocycles. The molecule has 6 heteroatoms. The predicted molar refractivity (Wildman–Crippen MR) is 65.8 cm³/mol. The zero-order valence-corrected chi connectivity index (χ0v) is 11.5. The third-order valence-corrected chi connectivity index (χ3v) is 4.40. The van der Waals surface area contributed by atoms with Gasteiger partial charge in [0.15, 0.2) is 0 Å². The second-order valence-electron chi connectivity index (χ2n) is 4.60. The van der Waals surface area contributed by atoms with Crippen molar-refractivity contribution in [3.8, 4) is 0 Å². The van der Waals surface area contributed by atoms with Gasteiger partial charge in [-0.1, -0.05) is 15.9 Å². The third-order valence-electron chi connectivity index (χ3n) is 3.21. The van der Waals surface area contributed by atoms with Crippen LogP contribution in [0.3, 0.4) is 0 Å². The van der Waals surface area contributed by atoms with Gasteiger partial charge in [0.05, 0.1) is 13.2 Å². The van der Waals surface area contributed by atoms with E-state index in [2.05, 4.69) is 15.9 Å². The first-order valence-electron chi connectivity index (χ1n) is 5.87. The van der Waals surface area contributed by atoms with Crippen molar-refractivity contribution in [3.05, 3.63) is 0 Å². The minimum atomic E-state index is -2.35. The smallest absolute Gasteiger partial charge is 0.251 e. The Balaban J connectivity index is 2.55. The van der Waals surface area contributed by atoms with Gasteiger partial charge in [-0.05, 0) is 18.3 Å². The van der Waals surface area contributed by atoms with Crippen molar-refractivity contribution in [1.82, 2.24) is 4.90 Å². The average Bonchev–Trinajstić information content (AvgIpc) is 2.29. The number of nitrogens with zero attached hydrogens (tertiary/aromatic N) is 1. The van der Waals surface area contributed by atoms with E-state index in [1.54, 1.807) is 4.90 Å². The van der Waals surface area contributed by atoms with Crippen molar-refractivity contribution < 1.29 is 18.6 Å². The number of ether oxygens (including phenoxy) is 1. The highest BCUT2D eigenvalue weighted by atomic mass is 79.9. The second-order valence-corrected chi connectivity index (χ2v) is 5.16. The molecule has 1 aliphatic rings. The Labute approximate surface area is 109 Å². The van der Waals surface area contributed by atoms with Crippen LogP contribution in [-0.4, -0.2) is 61.2 Å². The summed E-state index contributed by atoms with van der Waals surface area (Å²) in [5.41, 5.74) is 0.00229. The van der Waals surface area contributed by atoms with Crippen LogP contribution >= 0.6 is 15.9 Å². The lowest BCUT2D eigenvalue weighted by atomic mass is 9.82. The van der Waals surface area contributed by atoms with Crippen LogP contribution < -0.4 is 0 Å². The molecule has 1 saturated heterocycles. The number of hydrogen-bond donors (Lipinski definition) is 1. The Morgan fingerprint density at radius 1 is 1.35 bits per heavy atom. The summed E-state index contributed by atoms with van der Waals surface area (Å²) in [7, 11) is 0. The lowest BCUT2D eigenvalue weighted by Gasteiger charge is -2.39. The fourth-order valence-electron chi connectivity index (χ4n) is 2.18. The molecule has 1 rings (SSSR count). The highest BCUT2D eigenvalue weighted by Crippen LogP contribution is 2.33. The van der Waals surface area contributed by atoms with E-state index in [9.17, 15) is 8.78 Å². The molecule has 3 nitrogen and oxygen atoms in total. The normalized spacial score (nSPS) is 20.1. The van der Waals surface area contributed by atoms with Crippen LogP contribution in [0, 0.1) is 5.41 Å². The third kappa shape index (κ3) is 5.16. The largest absolute Gasteiger partial charge is 0.395 e. The van der Waals surface area contributed by atoms with Gasteiger partial charge in [-0.15, -0.1) is 0 Å². The molecule has 102 valence electrons. The lowest BCUT2D eigenvalue weighted by molar-refractivity contribution is -0.00625. The fourth-order valence-corrected chi connectivity index (χ4v) is 2.92. The predicted octanol–water partition coefficient (Wildman–Crippen LogP) is 1.74. The van der Waals surface area contributed by atoms with Crippen molar-refractivity contribution in [2.75, 3.05) is 44.8 Å². The van der Waals surface area contributed by atoms with E-state index in [0.29, 0.717) is 26.3 Å². The molecule has 1 fully saturated rings. The van der Waals surface area contributed by atoms with Gasteiger partial charge in [-0.25, -0.2) is 8.78 Å². The summed E-state index contributed by atoms with van der Waals surface area (Å²) in [4.78, 5) is 1.65. The van der Waals surface area contributed by atoms with Gasteiger partial charge in [0.25, 0.3) is 6.43 Å². The van der Waals surface area contributed by atoms with Gasteiger partial charge in [0, 0.05) is 31.6 Å². The molecular weight excluding hydrogens is 296 g/mol. The zero-order valence-electron chi connectivity index (χ0n) is 9.88. The van der Waals surface area contributed by atoms with Crippen LogP contribution in [0.1, 0.15) is 12.8 Å². The zero-order chi connectivity index (χ0) is 12.7. The van der Waals surface area contributed by atoms with Crippen LogP contribution in [0.25, 0.3) is 0 Å². The molecule has 0 aromatic rings. The SMILES string of the molecule is OCCN(CC(F)F)CC1(CBr)CCOCC1. The highest BCUT2D eigenvalue weighted by Gasteiger charge is 2.33. The minimum Gasteiger partial charge on any atom is -0.395 e. The maximum absolute atomic E-state index is 12.4. The summed E-state index contributed by atoms with van der Waals surface area (Å²) in [5, 5.41) is 9.70.